The molecule has 1 atom stereocenters. The number of nitrogens with one attached hydrogen (secondary N) is 2. The lowest BCUT2D eigenvalue weighted by Crippen LogP contribution is -2.36. The van der Waals surface area contributed by atoms with Gasteiger partial charge in [0.2, 0.25) is 5.91 Å². The molecule has 1 saturated carbocycles. The Labute approximate surface area is 113 Å². The highest BCUT2D eigenvalue weighted by atomic mass is 19.1. The van der Waals surface area contributed by atoms with Gasteiger partial charge in [0, 0.05) is 11.7 Å². The van der Waals surface area contributed by atoms with Gasteiger partial charge in [0.15, 0.2) is 0 Å². The van der Waals surface area contributed by atoms with Crippen molar-refractivity contribution in [3.05, 3.63) is 30.1 Å². The van der Waals surface area contributed by atoms with Crippen molar-refractivity contribution in [2.45, 2.75) is 38.6 Å². The third-order valence-electron chi connectivity index (χ3n) is 3.49. The smallest absolute Gasteiger partial charge is 0.238 e. The number of hydrogen-bond acceptors (Lipinski definition) is 2. The van der Waals surface area contributed by atoms with Gasteiger partial charge in [-0.15, -0.1) is 0 Å². The summed E-state index contributed by atoms with van der Waals surface area (Å²) < 4.78 is 12.7. The van der Waals surface area contributed by atoms with Crippen LogP contribution < -0.4 is 10.6 Å². The molecule has 1 fully saturated rings. The van der Waals surface area contributed by atoms with Crippen LogP contribution in [0.25, 0.3) is 0 Å². The van der Waals surface area contributed by atoms with Crippen LogP contribution in [-0.2, 0) is 4.79 Å². The van der Waals surface area contributed by atoms with E-state index in [1.54, 1.807) is 12.1 Å². The monoisotopic (exact) mass is 264 g/mol. The summed E-state index contributed by atoms with van der Waals surface area (Å²) in [6.07, 6.45) is 4.88. The fraction of sp³-hybridized carbons (Fsp3) is 0.533. The Balaban J connectivity index is 1.72. The minimum absolute atomic E-state index is 0.0825. The SMILES string of the molecule is CCC(CC1CC1)NCC(=O)Nc1ccc(F)cc1. The van der Waals surface area contributed by atoms with E-state index >= 15 is 0 Å². The molecule has 4 heteroatoms. The average Bonchev–Trinajstić information content (AvgIpc) is 3.21. The van der Waals surface area contributed by atoms with Crippen molar-refractivity contribution in [2.24, 2.45) is 5.92 Å². The van der Waals surface area contributed by atoms with E-state index in [0.717, 1.165) is 12.3 Å². The molecule has 0 radical (unpaired) electrons. The van der Waals surface area contributed by atoms with Crippen LogP contribution in [0.4, 0.5) is 10.1 Å². The molecule has 1 aliphatic carbocycles. The van der Waals surface area contributed by atoms with Gasteiger partial charge in [0.25, 0.3) is 0 Å². The third-order valence-corrected chi connectivity index (χ3v) is 3.49. The number of carbonyl (C=O) groups excluding carboxylic acids is 1. The first-order valence-electron chi connectivity index (χ1n) is 6.96. The van der Waals surface area contributed by atoms with E-state index in [4.69, 9.17) is 0 Å². The van der Waals surface area contributed by atoms with Crippen molar-refractivity contribution in [2.75, 3.05) is 11.9 Å². The second kappa shape index (κ2) is 6.66. The molecule has 2 N–H and O–H groups in total. The van der Waals surface area contributed by atoms with E-state index in [9.17, 15) is 9.18 Å². The number of hydrogen-bond donors (Lipinski definition) is 2. The zero-order valence-electron chi connectivity index (χ0n) is 11.3. The summed E-state index contributed by atoms with van der Waals surface area (Å²) in [5.74, 6) is 0.477. The van der Waals surface area contributed by atoms with Crippen LogP contribution in [0.3, 0.4) is 0 Å². The van der Waals surface area contributed by atoms with Gasteiger partial charge in [-0.2, -0.15) is 0 Å². The molecule has 0 bridgehead atoms. The Kier molecular flexibility index (Phi) is 4.91. The quantitative estimate of drug-likeness (QED) is 0.795. The highest BCUT2D eigenvalue weighted by Gasteiger charge is 2.24. The Morgan fingerprint density at radius 1 is 1.37 bits per heavy atom. The molecule has 3 nitrogen and oxygen atoms in total. The van der Waals surface area contributed by atoms with E-state index in [1.165, 1.54) is 31.4 Å². The lowest BCUT2D eigenvalue weighted by molar-refractivity contribution is -0.115. The maximum atomic E-state index is 12.7. The summed E-state index contributed by atoms with van der Waals surface area (Å²) in [6.45, 7) is 2.44. The number of amides is 1. The molecule has 19 heavy (non-hydrogen) atoms. The number of carbonyl (C=O) groups is 1. The highest BCUT2D eigenvalue weighted by molar-refractivity contribution is 5.92. The fourth-order valence-electron chi connectivity index (χ4n) is 2.13. The zero-order valence-corrected chi connectivity index (χ0v) is 11.3. The summed E-state index contributed by atoms with van der Waals surface area (Å²) in [5, 5.41) is 6.04. The number of rotatable bonds is 7. The van der Waals surface area contributed by atoms with Gasteiger partial charge in [0.05, 0.1) is 6.54 Å². The predicted molar refractivity (Wildman–Crippen MR) is 74.5 cm³/mol. The van der Waals surface area contributed by atoms with Crippen molar-refractivity contribution in [1.29, 1.82) is 0 Å². The van der Waals surface area contributed by atoms with Gasteiger partial charge in [-0.25, -0.2) is 4.39 Å². The summed E-state index contributed by atoms with van der Waals surface area (Å²) in [5.41, 5.74) is 0.628. The van der Waals surface area contributed by atoms with Crippen LogP contribution in [0.2, 0.25) is 0 Å². The zero-order chi connectivity index (χ0) is 13.7. The van der Waals surface area contributed by atoms with Gasteiger partial charge in [0.1, 0.15) is 5.82 Å². The second-order valence-corrected chi connectivity index (χ2v) is 5.22. The van der Waals surface area contributed by atoms with Crippen molar-refractivity contribution in [1.82, 2.24) is 5.32 Å². The van der Waals surface area contributed by atoms with Crippen LogP contribution in [0.5, 0.6) is 0 Å². The molecule has 104 valence electrons. The van der Waals surface area contributed by atoms with Gasteiger partial charge in [-0.05, 0) is 43.0 Å². The van der Waals surface area contributed by atoms with E-state index in [1.807, 2.05) is 0 Å². The minimum atomic E-state index is -0.299. The topological polar surface area (TPSA) is 41.1 Å². The first-order valence-corrected chi connectivity index (χ1v) is 6.96. The fourth-order valence-corrected chi connectivity index (χ4v) is 2.13. The lowest BCUT2D eigenvalue weighted by Gasteiger charge is -2.16. The van der Waals surface area contributed by atoms with Crippen molar-refractivity contribution < 1.29 is 9.18 Å². The molecule has 1 aromatic rings. The molecular formula is C15H21FN2O. The summed E-state index contributed by atoms with van der Waals surface area (Å²) in [6, 6.07) is 6.23. The molecule has 1 aromatic carbocycles. The van der Waals surface area contributed by atoms with Crippen molar-refractivity contribution >= 4 is 11.6 Å². The molecule has 0 aliphatic heterocycles. The molecule has 0 aromatic heterocycles. The van der Waals surface area contributed by atoms with Crippen LogP contribution in [0, 0.1) is 11.7 Å². The molecule has 2 rings (SSSR count). The van der Waals surface area contributed by atoms with Crippen LogP contribution in [0.1, 0.15) is 32.6 Å². The van der Waals surface area contributed by atoms with Gasteiger partial charge >= 0.3 is 0 Å². The van der Waals surface area contributed by atoms with Crippen LogP contribution in [0.15, 0.2) is 24.3 Å². The Morgan fingerprint density at radius 3 is 2.63 bits per heavy atom. The van der Waals surface area contributed by atoms with E-state index in [2.05, 4.69) is 17.6 Å². The predicted octanol–water partition coefficient (Wildman–Crippen LogP) is 2.93. The molecule has 1 amide bonds. The highest BCUT2D eigenvalue weighted by Crippen LogP contribution is 2.33. The second-order valence-electron chi connectivity index (χ2n) is 5.22. The Morgan fingerprint density at radius 2 is 2.05 bits per heavy atom. The summed E-state index contributed by atoms with van der Waals surface area (Å²) >= 11 is 0. The molecular weight excluding hydrogens is 243 g/mol. The number of benzene rings is 1. The molecule has 0 saturated heterocycles. The number of halogens is 1. The summed E-state index contributed by atoms with van der Waals surface area (Å²) in [7, 11) is 0. The Hall–Kier alpha value is -1.42. The third kappa shape index (κ3) is 4.99. The molecule has 0 spiro atoms. The first kappa shape index (κ1) is 14.0. The standard InChI is InChI=1S/C15H21FN2O/c1-2-13(9-11-3-4-11)17-10-15(19)18-14-7-5-12(16)6-8-14/h5-8,11,13,17H,2-4,9-10H2,1H3,(H,18,19). The number of anilines is 1. The van der Waals surface area contributed by atoms with Gasteiger partial charge in [-0.1, -0.05) is 19.8 Å². The largest absolute Gasteiger partial charge is 0.325 e. The van der Waals surface area contributed by atoms with E-state index in [0.29, 0.717) is 18.3 Å². The van der Waals surface area contributed by atoms with Gasteiger partial charge in [-0.3, -0.25) is 4.79 Å². The van der Waals surface area contributed by atoms with E-state index < -0.39 is 0 Å². The molecule has 0 heterocycles. The average molecular weight is 264 g/mol. The van der Waals surface area contributed by atoms with Crippen molar-refractivity contribution in [3.8, 4) is 0 Å². The maximum Gasteiger partial charge on any atom is 0.238 e. The normalized spacial score (nSPS) is 16.1. The van der Waals surface area contributed by atoms with E-state index in [-0.39, 0.29) is 11.7 Å². The van der Waals surface area contributed by atoms with Gasteiger partial charge < -0.3 is 10.6 Å². The maximum absolute atomic E-state index is 12.7. The first-order chi connectivity index (χ1) is 9.17. The Bertz CT molecular complexity index is 415. The molecule has 1 aliphatic rings. The van der Waals surface area contributed by atoms with Crippen LogP contribution in [-0.4, -0.2) is 18.5 Å². The summed E-state index contributed by atoms with van der Waals surface area (Å²) in [4.78, 5) is 11.8. The van der Waals surface area contributed by atoms with Crippen LogP contribution >= 0.6 is 0 Å². The van der Waals surface area contributed by atoms with Crippen molar-refractivity contribution in [3.63, 3.8) is 0 Å². The minimum Gasteiger partial charge on any atom is -0.325 e. The molecule has 1 unspecified atom stereocenters. The lowest BCUT2D eigenvalue weighted by atomic mass is 10.1.